The minimum absolute atomic E-state index is 0.342. The maximum absolute atomic E-state index is 5.91. The number of nitrogens with zero attached hydrogens (tertiary/aromatic N) is 2. The van der Waals surface area contributed by atoms with Crippen LogP contribution in [0.4, 0.5) is 5.82 Å². The zero-order chi connectivity index (χ0) is 15.1. The summed E-state index contributed by atoms with van der Waals surface area (Å²) in [6, 6.07) is 0.342. The first-order valence-electron chi connectivity index (χ1n) is 7.49. The first-order valence-corrected chi connectivity index (χ1v) is 7.90. The molecule has 0 aliphatic heterocycles. The number of rotatable bonds is 8. The summed E-state index contributed by atoms with van der Waals surface area (Å²) in [7, 11) is 0. The van der Waals surface area contributed by atoms with E-state index in [1.807, 2.05) is 0 Å². The Morgan fingerprint density at radius 3 is 2.45 bits per heavy atom. The summed E-state index contributed by atoms with van der Waals surface area (Å²) in [5, 5.41) is 12.0. The molecule has 1 unspecified atom stereocenters. The van der Waals surface area contributed by atoms with Crippen LogP contribution in [0.2, 0.25) is 0 Å². The van der Waals surface area contributed by atoms with Crippen LogP contribution in [0.25, 0.3) is 0 Å². The summed E-state index contributed by atoms with van der Waals surface area (Å²) in [5.41, 5.74) is 8.90. The largest absolute Gasteiger partial charge is 0.389 e. The van der Waals surface area contributed by atoms with Crippen molar-refractivity contribution in [2.75, 3.05) is 5.32 Å². The minimum atomic E-state index is 0.342. The van der Waals surface area contributed by atoms with Crippen LogP contribution in [-0.2, 0) is 12.8 Å². The highest BCUT2D eigenvalue weighted by Crippen LogP contribution is 2.22. The van der Waals surface area contributed by atoms with Crippen molar-refractivity contribution in [3.05, 3.63) is 16.8 Å². The SMILES string of the molecule is CCCCC(C)Nc1nnc(CC)c(CC)c1C(N)=S. The maximum atomic E-state index is 5.91. The number of aryl methyl sites for hydroxylation is 1. The van der Waals surface area contributed by atoms with E-state index in [2.05, 4.69) is 43.2 Å². The molecule has 0 aliphatic rings. The molecule has 1 heterocycles. The van der Waals surface area contributed by atoms with E-state index in [4.69, 9.17) is 18.0 Å². The summed E-state index contributed by atoms with van der Waals surface area (Å²) in [4.78, 5) is 0.400. The van der Waals surface area contributed by atoms with Gasteiger partial charge in [0, 0.05) is 6.04 Å². The van der Waals surface area contributed by atoms with Gasteiger partial charge in [0.2, 0.25) is 0 Å². The van der Waals surface area contributed by atoms with E-state index in [9.17, 15) is 0 Å². The number of aromatic nitrogens is 2. The van der Waals surface area contributed by atoms with Crippen LogP contribution in [0.5, 0.6) is 0 Å². The highest BCUT2D eigenvalue weighted by Gasteiger charge is 2.17. The van der Waals surface area contributed by atoms with E-state index >= 15 is 0 Å². The molecule has 0 radical (unpaired) electrons. The lowest BCUT2D eigenvalue weighted by Gasteiger charge is -2.19. The maximum Gasteiger partial charge on any atom is 0.159 e. The first-order chi connectivity index (χ1) is 9.54. The van der Waals surface area contributed by atoms with Crippen LogP contribution in [0.3, 0.4) is 0 Å². The van der Waals surface area contributed by atoms with E-state index in [0.29, 0.717) is 11.0 Å². The zero-order valence-corrected chi connectivity index (χ0v) is 13.8. The van der Waals surface area contributed by atoms with Gasteiger partial charge in [0.05, 0.1) is 11.3 Å². The number of nitrogens with two attached hydrogens (primary N) is 1. The van der Waals surface area contributed by atoms with Crippen LogP contribution in [0.1, 0.15) is 63.8 Å². The third-order valence-corrected chi connectivity index (χ3v) is 3.67. The van der Waals surface area contributed by atoms with Gasteiger partial charge >= 0.3 is 0 Å². The smallest absolute Gasteiger partial charge is 0.159 e. The molecule has 1 aromatic rings. The van der Waals surface area contributed by atoms with Crippen LogP contribution in [-0.4, -0.2) is 21.2 Å². The fraction of sp³-hybridized carbons (Fsp3) is 0.667. The first kappa shape index (κ1) is 16.8. The molecule has 0 saturated heterocycles. The monoisotopic (exact) mass is 294 g/mol. The third kappa shape index (κ3) is 4.13. The number of nitrogens with one attached hydrogen (secondary N) is 1. The Labute approximate surface area is 127 Å². The van der Waals surface area contributed by atoms with Gasteiger partial charge in [-0.2, -0.15) is 5.10 Å². The Balaban J connectivity index is 3.09. The van der Waals surface area contributed by atoms with Gasteiger partial charge in [-0.1, -0.05) is 45.8 Å². The van der Waals surface area contributed by atoms with E-state index in [0.717, 1.165) is 41.9 Å². The normalized spacial score (nSPS) is 12.2. The second kappa shape index (κ2) is 8.15. The molecule has 0 amide bonds. The average Bonchev–Trinajstić information content (AvgIpc) is 2.43. The molecule has 4 nitrogen and oxygen atoms in total. The van der Waals surface area contributed by atoms with Crippen LogP contribution in [0.15, 0.2) is 0 Å². The lowest BCUT2D eigenvalue weighted by Crippen LogP contribution is -2.23. The van der Waals surface area contributed by atoms with Gasteiger partial charge in [0.1, 0.15) is 4.99 Å². The molecule has 112 valence electrons. The number of hydrogen-bond donors (Lipinski definition) is 2. The van der Waals surface area contributed by atoms with Gasteiger partial charge in [-0.25, -0.2) is 0 Å². The van der Waals surface area contributed by atoms with Gasteiger partial charge in [-0.05, 0) is 31.7 Å². The fourth-order valence-corrected chi connectivity index (χ4v) is 2.58. The number of unbranched alkanes of at least 4 members (excludes halogenated alkanes) is 1. The predicted molar refractivity (Wildman–Crippen MR) is 89.3 cm³/mol. The van der Waals surface area contributed by atoms with Crippen LogP contribution in [0, 0.1) is 0 Å². The van der Waals surface area contributed by atoms with E-state index in [-0.39, 0.29) is 0 Å². The van der Waals surface area contributed by atoms with Gasteiger partial charge in [0.25, 0.3) is 0 Å². The van der Waals surface area contributed by atoms with Gasteiger partial charge in [0.15, 0.2) is 5.82 Å². The lowest BCUT2D eigenvalue weighted by molar-refractivity contribution is 0.641. The summed E-state index contributed by atoms with van der Waals surface area (Å²) in [6.07, 6.45) is 5.19. The van der Waals surface area contributed by atoms with Crippen LogP contribution < -0.4 is 11.1 Å². The molecule has 1 rings (SSSR count). The molecule has 5 heteroatoms. The Morgan fingerprint density at radius 1 is 1.25 bits per heavy atom. The Bertz CT molecular complexity index is 459. The zero-order valence-electron chi connectivity index (χ0n) is 13.0. The second-order valence-electron chi connectivity index (χ2n) is 5.11. The predicted octanol–water partition coefficient (Wildman–Crippen LogP) is 3.23. The van der Waals surface area contributed by atoms with Gasteiger partial charge in [-0.15, -0.1) is 5.10 Å². The summed E-state index contributed by atoms with van der Waals surface area (Å²) in [5.74, 6) is 0.732. The molecule has 20 heavy (non-hydrogen) atoms. The number of anilines is 1. The van der Waals surface area contributed by atoms with Crippen molar-refractivity contribution in [2.24, 2.45) is 5.73 Å². The Morgan fingerprint density at radius 2 is 1.95 bits per heavy atom. The highest BCUT2D eigenvalue weighted by molar-refractivity contribution is 7.80. The molecule has 0 saturated carbocycles. The molecule has 0 fully saturated rings. The van der Waals surface area contributed by atoms with Crippen molar-refractivity contribution in [2.45, 2.75) is 65.8 Å². The molecule has 1 aromatic heterocycles. The summed E-state index contributed by atoms with van der Waals surface area (Å²) < 4.78 is 0. The average molecular weight is 294 g/mol. The molecule has 0 aromatic carbocycles. The van der Waals surface area contributed by atoms with Gasteiger partial charge < -0.3 is 11.1 Å². The van der Waals surface area contributed by atoms with Crippen molar-refractivity contribution in [1.29, 1.82) is 0 Å². The fourth-order valence-electron chi connectivity index (χ4n) is 2.36. The molecule has 0 aliphatic carbocycles. The van der Waals surface area contributed by atoms with E-state index < -0.39 is 0 Å². The molecular formula is C15H26N4S. The molecule has 3 N–H and O–H groups in total. The standard InChI is InChI=1S/C15H26N4S/c1-5-8-9-10(4)17-15-13(14(16)20)11(6-2)12(7-3)18-19-15/h10H,5-9H2,1-4H3,(H2,16,20)(H,17,19). The number of thiocarbonyl (C=S) groups is 1. The van der Waals surface area contributed by atoms with Crippen molar-refractivity contribution in [3.63, 3.8) is 0 Å². The Hall–Kier alpha value is -1.23. The van der Waals surface area contributed by atoms with Crippen LogP contribution >= 0.6 is 12.2 Å². The van der Waals surface area contributed by atoms with Crippen molar-refractivity contribution < 1.29 is 0 Å². The minimum Gasteiger partial charge on any atom is -0.389 e. The van der Waals surface area contributed by atoms with Crippen molar-refractivity contribution in [3.8, 4) is 0 Å². The van der Waals surface area contributed by atoms with Gasteiger partial charge in [-0.3, -0.25) is 0 Å². The third-order valence-electron chi connectivity index (χ3n) is 3.47. The molecule has 0 bridgehead atoms. The molecular weight excluding hydrogens is 268 g/mol. The van der Waals surface area contributed by atoms with E-state index in [1.54, 1.807) is 0 Å². The topological polar surface area (TPSA) is 63.8 Å². The molecule has 1 atom stereocenters. The lowest BCUT2D eigenvalue weighted by atomic mass is 10.0. The second-order valence-corrected chi connectivity index (χ2v) is 5.55. The highest BCUT2D eigenvalue weighted by atomic mass is 32.1. The van der Waals surface area contributed by atoms with Crippen molar-refractivity contribution >= 4 is 23.0 Å². The summed E-state index contributed by atoms with van der Waals surface area (Å²) in [6.45, 7) is 8.52. The van der Waals surface area contributed by atoms with Crippen molar-refractivity contribution in [1.82, 2.24) is 10.2 Å². The summed E-state index contributed by atoms with van der Waals surface area (Å²) >= 11 is 5.22. The quantitative estimate of drug-likeness (QED) is 0.721. The van der Waals surface area contributed by atoms with E-state index in [1.165, 1.54) is 12.8 Å². The molecule has 0 spiro atoms. The number of hydrogen-bond acceptors (Lipinski definition) is 4. The Kier molecular flexibility index (Phi) is 6.85.